The van der Waals surface area contributed by atoms with Crippen LogP contribution in [-0.4, -0.2) is 14.0 Å². The lowest BCUT2D eigenvalue weighted by atomic mass is 10.2. The molecule has 0 unspecified atom stereocenters. The van der Waals surface area contributed by atoms with E-state index in [2.05, 4.69) is 34.7 Å². The standard InChI is InChI=1S/C29H21N3OS/c33-27-19-25(23-15-7-8-16-24(23)32(27)20-21-11-3-1-4-12-21)34-29-28(22-13-5-2-6-14-22)30-26-17-9-10-18-31(26)29/h1-19H,20H2. The van der Waals surface area contributed by atoms with Gasteiger partial charge in [0.15, 0.2) is 0 Å². The van der Waals surface area contributed by atoms with Crippen LogP contribution in [0.3, 0.4) is 0 Å². The predicted molar refractivity (Wildman–Crippen MR) is 139 cm³/mol. The minimum Gasteiger partial charge on any atom is -0.304 e. The maximum atomic E-state index is 13.3. The van der Waals surface area contributed by atoms with Gasteiger partial charge in [0, 0.05) is 28.1 Å². The highest BCUT2D eigenvalue weighted by molar-refractivity contribution is 7.99. The molecule has 0 aliphatic carbocycles. The van der Waals surface area contributed by atoms with Gasteiger partial charge in [-0.15, -0.1) is 0 Å². The summed E-state index contributed by atoms with van der Waals surface area (Å²) in [5, 5.41) is 2.04. The molecule has 0 saturated heterocycles. The first-order valence-electron chi connectivity index (χ1n) is 11.1. The lowest BCUT2D eigenvalue weighted by molar-refractivity contribution is 0.790. The van der Waals surface area contributed by atoms with Gasteiger partial charge in [-0.3, -0.25) is 9.20 Å². The molecule has 164 valence electrons. The molecule has 0 N–H and O–H groups in total. The van der Waals surface area contributed by atoms with Crippen LogP contribution in [0.1, 0.15) is 5.56 Å². The first kappa shape index (κ1) is 20.5. The summed E-state index contributed by atoms with van der Waals surface area (Å²) in [6.07, 6.45) is 2.02. The number of imidazole rings is 1. The van der Waals surface area contributed by atoms with Gasteiger partial charge in [0.05, 0.1) is 12.1 Å². The number of fused-ring (bicyclic) bond motifs is 2. The van der Waals surface area contributed by atoms with Gasteiger partial charge in [0.1, 0.15) is 16.4 Å². The topological polar surface area (TPSA) is 39.3 Å². The Balaban J connectivity index is 1.52. The van der Waals surface area contributed by atoms with Gasteiger partial charge in [-0.1, -0.05) is 96.7 Å². The van der Waals surface area contributed by atoms with Crippen molar-refractivity contribution in [2.75, 3.05) is 0 Å². The molecule has 5 heteroatoms. The predicted octanol–water partition coefficient (Wildman–Crippen LogP) is 6.52. The highest BCUT2D eigenvalue weighted by Gasteiger charge is 2.18. The molecule has 34 heavy (non-hydrogen) atoms. The zero-order valence-electron chi connectivity index (χ0n) is 18.3. The van der Waals surface area contributed by atoms with Crippen LogP contribution in [-0.2, 0) is 6.54 Å². The largest absolute Gasteiger partial charge is 0.304 e. The molecule has 3 heterocycles. The molecule has 0 bridgehead atoms. The van der Waals surface area contributed by atoms with E-state index in [1.807, 2.05) is 83.6 Å². The maximum Gasteiger partial charge on any atom is 0.252 e. The molecule has 4 nitrogen and oxygen atoms in total. The number of hydrogen-bond donors (Lipinski definition) is 0. The molecule has 0 aliphatic rings. The first-order chi connectivity index (χ1) is 16.8. The van der Waals surface area contributed by atoms with Gasteiger partial charge in [0.25, 0.3) is 5.56 Å². The van der Waals surface area contributed by atoms with E-state index in [4.69, 9.17) is 4.98 Å². The Labute approximate surface area is 201 Å². The highest BCUT2D eigenvalue weighted by Crippen LogP contribution is 2.38. The van der Waals surface area contributed by atoms with Crippen molar-refractivity contribution < 1.29 is 0 Å². The highest BCUT2D eigenvalue weighted by atomic mass is 32.2. The van der Waals surface area contributed by atoms with Crippen molar-refractivity contribution >= 4 is 28.3 Å². The minimum absolute atomic E-state index is 0.0138. The molecule has 3 aromatic heterocycles. The number of hydrogen-bond acceptors (Lipinski definition) is 3. The van der Waals surface area contributed by atoms with Crippen LogP contribution in [0.2, 0.25) is 0 Å². The minimum atomic E-state index is -0.0138. The van der Waals surface area contributed by atoms with Gasteiger partial charge >= 0.3 is 0 Å². The summed E-state index contributed by atoms with van der Waals surface area (Å²) >= 11 is 1.59. The number of aromatic nitrogens is 3. The summed E-state index contributed by atoms with van der Waals surface area (Å²) < 4.78 is 3.94. The quantitative estimate of drug-likeness (QED) is 0.295. The van der Waals surface area contributed by atoms with Crippen LogP contribution in [0.25, 0.3) is 27.8 Å². The molecule has 0 radical (unpaired) electrons. The molecule has 0 atom stereocenters. The van der Waals surface area contributed by atoms with Crippen LogP contribution in [0.5, 0.6) is 0 Å². The fourth-order valence-electron chi connectivity index (χ4n) is 4.28. The molecule has 6 rings (SSSR count). The van der Waals surface area contributed by atoms with Crippen LogP contribution >= 0.6 is 11.8 Å². The molecule has 6 aromatic rings. The second-order valence-electron chi connectivity index (χ2n) is 8.10. The second kappa shape index (κ2) is 8.69. The van der Waals surface area contributed by atoms with Gasteiger partial charge in [-0.05, 0) is 23.8 Å². The third-order valence-corrected chi connectivity index (χ3v) is 7.05. The molecule has 0 saturated carbocycles. The monoisotopic (exact) mass is 459 g/mol. The first-order valence-corrected chi connectivity index (χ1v) is 12.0. The molecular formula is C29H21N3OS. The number of rotatable bonds is 5. The summed E-state index contributed by atoms with van der Waals surface area (Å²) in [7, 11) is 0. The fourth-order valence-corrected chi connectivity index (χ4v) is 5.44. The zero-order chi connectivity index (χ0) is 22.9. The number of pyridine rings is 2. The summed E-state index contributed by atoms with van der Waals surface area (Å²) in [6.45, 7) is 0.538. The van der Waals surface area contributed by atoms with E-state index in [0.717, 1.165) is 43.3 Å². The van der Waals surface area contributed by atoms with E-state index in [0.29, 0.717) is 6.54 Å². The Kier molecular flexibility index (Phi) is 5.24. The van der Waals surface area contributed by atoms with Gasteiger partial charge < -0.3 is 4.57 Å². The summed E-state index contributed by atoms with van der Waals surface area (Å²) in [6, 6.07) is 36.2. The fraction of sp³-hybridized carbons (Fsp3) is 0.0345. The van der Waals surface area contributed by atoms with Crippen molar-refractivity contribution in [2.24, 2.45) is 0 Å². The number of nitrogens with zero attached hydrogens (tertiary/aromatic N) is 3. The molecule has 0 spiro atoms. The van der Waals surface area contributed by atoms with E-state index in [1.54, 1.807) is 17.8 Å². The summed E-state index contributed by atoms with van der Waals surface area (Å²) in [4.78, 5) is 19.2. The Morgan fingerprint density at radius 3 is 2.29 bits per heavy atom. The van der Waals surface area contributed by atoms with E-state index in [9.17, 15) is 4.79 Å². The van der Waals surface area contributed by atoms with Crippen LogP contribution in [0.15, 0.2) is 130 Å². The van der Waals surface area contributed by atoms with Crippen molar-refractivity contribution in [1.29, 1.82) is 0 Å². The van der Waals surface area contributed by atoms with E-state index in [1.165, 1.54) is 0 Å². The summed E-state index contributed by atoms with van der Waals surface area (Å²) in [5.41, 5.74) is 4.86. The van der Waals surface area contributed by atoms with Crippen LogP contribution < -0.4 is 5.56 Å². The van der Waals surface area contributed by atoms with Crippen molar-refractivity contribution in [1.82, 2.24) is 14.0 Å². The van der Waals surface area contributed by atoms with E-state index in [-0.39, 0.29) is 5.56 Å². The van der Waals surface area contributed by atoms with Crippen LogP contribution in [0.4, 0.5) is 0 Å². The molecule has 0 aliphatic heterocycles. The maximum absolute atomic E-state index is 13.3. The molecule has 0 fully saturated rings. The number of benzene rings is 3. The SMILES string of the molecule is O=c1cc(Sc2c(-c3ccccc3)nc3ccccn23)c2ccccc2n1Cc1ccccc1. The van der Waals surface area contributed by atoms with Crippen molar-refractivity contribution in [3.63, 3.8) is 0 Å². The average Bonchev–Trinajstić information content (AvgIpc) is 3.26. The van der Waals surface area contributed by atoms with Gasteiger partial charge in [-0.25, -0.2) is 4.98 Å². The smallest absolute Gasteiger partial charge is 0.252 e. The van der Waals surface area contributed by atoms with Crippen molar-refractivity contribution in [3.8, 4) is 11.3 Å². The van der Waals surface area contributed by atoms with E-state index < -0.39 is 0 Å². The third-order valence-electron chi connectivity index (χ3n) is 5.90. The molecule has 3 aromatic carbocycles. The molecule has 0 amide bonds. The Morgan fingerprint density at radius 2 is 1.47 bits per heavy atom. The second-order valence-corrected chi connectivity index (χ2v) is 9.13. The van der Waals surface area contributed by atoms with Gasteiger partial charge in [-0.2, -0.15) is 0 Å². The zero-order valence-corrected chi connectivity index (χ0v) is 19.2. The molecular weight excluding hydrogens is 438 g/mol. The Bertz CT molecular complexity index is 1670. The lowest BCUT2D eigenvalue weighted by Crippen LogP contribution is -2.20. The van der Waals surface area contributed by atoms with Gasteiger partial charge in [0.2, 0.25) is 0 Å². The Morgan fingerprint density at radius 1 is 0.765 bits per heavy atom. The normalized spacial score (nSPS) is 11.3. The van der Waals surface area contributed by atoms with E-state index >= 15 is 0 Å². The average molecular weight is 460 g/mol. The summed E-state index contributed by atoms with van der Waals surface area (Å²) in [5.74, 6) is 0. The van der Waals surface area contributed by atoms with Crippen molar-refractivity contribution in [2.45, 2.75) is 16.5 Å². The third kappa shape index (κ3) is 3.70. The van der Waals surface area contributed by atoms with Crippen LogP contribution in [0, 0.1) is 0 Å². The lowest BCUT2D eigenvalue weighted by Gasteiger charge is -2.14. The van der Waals surface area contributed by atoms with Crippen molar-refractivity contribution in [3.05, 3.63) is 131 Å². The number of para-hydroxylation sites is 1. The Hall–Kier alpha value is -4.09.